The molecule has 1 fully saturated rings. The zero-order valence-electron chi connectivity index (χ0n) is 14.8. The molecule has 1 aliphatic rings. The molecule has 1 aromatic carbocycles. The predicted octanol–water partition coefficient (Wildman–Crippen LogP) is 1.70. The van der Waals surface area contributed by atoms with Crippen molar-refractivity contribution in [3.63, 3.8) is 0 Å². The van der Waals surface area contributed by atoms with Gasteiger partial charge in [0.15, 0.2) is 5.13 Å². The number of aromatic nitrogens is 1. The van der Waals surface area contributed by atoms with E-state index >= 15 is 0 Å². The summed E-state index contributed by atoms with van der Waals surface area (Å²) >= 11 is 7.24. The molecular formula is C16H17ClN4O5S2. The van der Waals surface area contributed by atoms with Gasteiger partial charge < -0.3 is 10.1 Å². The van der Waals surface area contributed by atoms with Gasteiger partial charge >= 0.3 is 11.8 Å². The molecule has 0 bridgehead atoms. The van der Waals surface area contributed by atoms with Crippen molar-refractivity contribution in [1.82, 2.24) is 9.29 Å². The Labute approximate surface area is 170 Å². The van der Waals surface area contributed by atoms with Crippen molar-refractivity contribution in [2.24, 2.45) is 0 Å². The van der Waals surface area contributed by atoms with Crippen molar-refractivity contribution >= 4 is 55.6 Å². The summed E-state index contributed by atoms with van der Waals surface area (Å²) in [4.78, 5) is 28.2. The maximum Gasteiger partial charge on any atom is 0.315 e. The average Bonchev–Trinajstić information content (AvgIpc) is 3.08. The fourth-order valence-electron chi connectivity index (χ4n) is 2.44. The van der Waals surface area contributed by atoms with Gasteiger partial charge in [-0.25, -0.2) is 13.4 Å². The van der Waals surface area contributed by atoms with Gasteiger partial charge in [-0.3, -0.25) is 14.9 Å². The lowest BCUT2D eigenvalue weighted by atomic mass is 10.3. The van der Waals surface area contributed by atoms with Crippen LogP contribution < -0.4 is 10.6 Å². The van der Waals surface area contributed by atoms with Gasteiger partial charge in [-0.15, -0.1) is 11.3 Å². The predicted molar refractivity (Wildman–Crippen MR) is 105 cm³/mol. The first kappa shape index (κ1) is 20.7. The Balaban J connectivity index is 1.75. The molecule has 1 aromatic heterocycles. The van der Waals surface area contributed by atoms with Gasteiger partial charge in [0.1, 0.15) is 0 Å². The van der Waals surface area contributed by atoms with E-state index in [2.05, 4.69) is 15.6 Å². The number of carbonyl (C=O) groups excluding carboxylic acids is 2. The monoisotopic (exact) mass is 444 g/mol. The Morgan fingerprint density at radius 1 is 1.21 bits per heavy atom. The van der Waals surface area contributed by atoms with Gasteiger partial charge in [0, 0.05) is 18.5 Å². The van der Waals surface area contributed by atoms with E-state index in [1.165, 1.54) is 33.8 Å². The number of anilines is 2. The number of nitrogens with one attached hydrogen (secondary N) is 2. The van der Waals surface area contributed by atoms with Crippen LogP contribution in [0.1, 0.15) is 5.69 Å². The van der Waals surface area contributed by atoms with Gasteiger partial charge in [-0.1, -0.05) is 11.6 Å². The highest BCUT2D eigenvalue weighted by molar-refractivity contribution is 7.89. The molecule has 0 saturated carbocycles. The van der Waals surface area contributed by atoms with E-state index in [9.17, 15) is 18.0 Å². The van der Waals surface area contributed by atoms with Crippen molar-refractivity contribution in [2.45, 2.75) is 11.8 Å². The highest BCUT2D eigenvalue weighted by atomic mass is 35.5. The number of morpholine rings is 1. The maximum atomic E-state index is 12.7. The second-order valence-electron chi connectivity index (χ2n) is 5.86. The lowest BCUT2D eigenvalue weighted by Gasteiger charge is -2.26. The molecule has 150 valence electrons. The largest absolute Gasteiger partial charge is 0.379 e. The molecule has 28 heavy (non-hydrogen) atoms. The summed E-state index contributed by atoms with van der Waals surface area (Å²) in [5.41, 5.74) is 0.733. The van der Waals surface area contributed by atoms with Gasteiger partial charge in [-0.05, 0) is 25.1 Å². The molecule has 0 aliphatic carbocycles. The van der Waals surface area contributed by atoms with Gasteiger partial charge in [0.05, 0.1) is 34.5 Å². The standard InChI is InChI=1S/C16H17ClN4O5S2/c1-10-9-27-16(18-10)20-15(23)14(22)19-13-8-11(2-3-12(13)17)28(24,25)21-4-6-26-7-5-21/h2-3,8-9H,4-7H2,1H3,(H,19,22)(H,18,20,23). The highest BCUT2D eigenvalue weighted by Gasteiger charge is 2.27. The van der Waals surface area contributed by atoms with Crippen molar-refractivity contribution in [2.75, 3.05) is 36.9 Å². The Hall–Kier alpha value is -2.05. The summed E-state index contributed by atoms with van der Waals surface area (Å²) in [6.07, 6.45) is 0. The summed E-state index contributed by atoms with van der Waals surface area (Å²) in [5.74, 6) is -1.93. The normalized spacial score (nSPS) is 15.2. The van der Waals surface area contributed by atoms with Crippen molar-refractivity contribution in [3.8, 4) is 0 Å². The van der Waals surface area contributed by atoms with E-state index in [-0.39, 0.29) is 33.8 Å². The highest BCUT2D eigenvalue weighted by Crippen LogP contribution is 2.27. The van der Waals surface area contributed by atoms with Crippen LogP contribution in [0.25, 0.3) is 0 Å². The zero-order valence-corrected chi connectivity index (χ0v) is 17.2. The Morgan fingerprint density at radius 3 is 2.54 bits per heavy atom. The van der Waals surface area contributed by atoms with E-state index in [1.807, 2.05) is 0 Å². The van der Waals surface area contributed by atoms with Crippen LogP contribution in [0.4, 0.5) is 10.8 Å². The zero-order chi connectivity index (χ0) is 20.3. The number of benzene rings is 1. The lowest BCUT2D eigenvalue weighted by molar-refractivity contribution is -0.133. The Bertz CT molecular complexity index is 1000. The molecule has 0 spiro atoms. The van der Waals surface area contributed by atoms with Crippen LogP contribution in [0.2, 0.25) is 5.02 Å². The number of aryl methyl sites for hydroxylation is 1. The van der Waals surface area contributed by atoms with Crippen molar-refractivity contribution < 1.29 is 22.7 Å². The quantitative estimate of drug-likeness (QED) is 0.693. The summed E-state index contributed by atoms with van der Waals surface area (Å²) in [5, 5.41) is 6.83. The molecule has 2 aromatic rings. The van der Waals surface area contributed by atoms with Crippen LogP contribution in [-0.2, 0) is 24.3 Å². The molecule has 2 heterocycles. The van der Waals surface area contributed by atoms with E-state index in [1.54, 1.807) is 12.3 Å². The number of nitrogens with zero attached hydrogens (tertiary/aromatic N) is 2. The third-order valence-corrected chi connectivity index (χ3v) is 6.94. The lowest BCUT2D eigenvalue weighted by Crippen LogP contribution is -2.40. The summed E-state index contributed by atoms with van der Waals surface area (Å²) < 4.78 is 31.9. The number of ether oxygens (including phenoxy) is 1. The van der Waals surface area contributed by atoms with Crippen molar-refractivity contribution in [3.05, 3.63) is 34.3 Å². The van der Waals surface area contributed by atoms with Gasteiger partial charge in [-0.2, -0.15) is 4.31 Å². The van der Waals surface area contributed by atoms with Crippen LogP contribution in [0.3, 0.4) is 0 Å². The number of rotatable bonds is 4. The van der Waals surface area contributed by atoms with E-state index in [4.69, 9.17) is 16.3 Å². The molecule has 1 aliphatic heterocycles. The van der Waals surface area contributed by atoms with Crippen LogP contribution in [0.15, 0.2) is 28.5 Å². The van der Waals surface area contributed by atoms with Crippen LogP contribution in [0, 0.1) is 6.92 Å². The molecule has 9 nitrogen and oxygen atoms in total. The number of hydrogen-bond donors (Lipinski definition) is 2. The smallest absolute Gasteiger partial charge is 0.315 e. The molecule has 0 unspecified atom stereocenters. The van der Waals surface area contributed by atoms with Crippen LogP contribution >= 0.6 is 22.9 Å². The maximum absolute atomic E-state index is 12.7. The first-order valence-corrected chi connectivity index (χ1v) is 10.9. The minimum absolute atomic E-state index is 0.0199. The van der Waals surface area contributed by atoms with Crippen molar-refractivity contribution in [1.29, 1.82) is 0 Å². The number of sulfonamides is 1. The van der Waals surface area contributed by atoms with Gasteiger partial charge in [0.25, 0.3) is 0 Å². The number of carbonyl (C=O) groups is 2. The number of hydrogen-bond acceptors (Lipinski definition) is 7. The minimum atomic E-state index is -3.77. The third-order valence-electron chi connectivity index (χ3n) is 3.84. The number of halogens is 1. The summed E-state index contributed by atoms with van der Waals surface area (Å²) in [6, 6.07) is 3.93. The SMILES string of the molecule is Cc1csc(NC(=O)C(=O)Nc2cc(S(=O)(=O)N3CCOCC3)ccc2Cl)n1. The summed E-state index contributed by atoms with van der Waals surface area (Å²) in [6.45, 7) is 2.86. The topological polar surface area (TPSA) is 118 Å². The fraction of sp³-hybridized carbons (Fsp3) is 0.312. The minimum Gasteiger partial charge on any atom is -0.379 e. The Morgan fingerprint density at radius 2 is 1.89 bits per heavy atom. The molecule has 0 atom stereocenters. The molecule has 3 rings (SSSR count). The van der Waals surface area contributed by atoms with Gasteiger partial charge in [0.2, 0.25) is 10.0 Å². The second kappa shape index (κ2) is 8.53. The molecule has 2 amide bonds. The van der Waals surface area contributed by atoms with E-state index in [0.717, 1.165) is 0 Å². The first-order valence-electron chi connectivity index (χ1n) is 8.19. The molecule has 1 saturated heterocycles. The number of amides is 2. The molecule has 0 radical (unpaired) electrons. The van der Waals surface area contributed by atoms with Crippen LogP contribution in [0.5, 0.6) is 0 Å². The van der Waals surface area contributed by atoms with Crippen LogP contribution in [-0.4, -0.2) is 55.8 Å². The first-order chi connectivity index (χ1) is 13.3. The molecular weight excluding hydrogens is 428 g/mol. The van der Waals surface area contributed by atoms with E-state index in [0.29, 0.717) is 18.9 Å². The molecule has 12 heteroatoms. The average molecular weight is 445 g/mol. The molecule has 2 N–H and O–H groups in total. The fourth-order valence-corrected chi connectivity index (χ4v) is 4.72. The number of thiazole rings is 1. The summed E-state index contributed by atoms with van der Waals surface area (Å²) in [7, 11) is -3.77. The van der Waals surface area contributed by atoms with E-state index < -0.39 is 21.8 Å². The third kappa shape index (κ3) is 4.67. The Kier molecular flexibility index (Phi) is 6.30. The second-order valence-corrected chi connectivity index (χ2v) is 9.06.